The number of methoxy groups -OCH3 is 1. The predicted molar refractivity (Wildman–Crippen MR) is 62.9 cm³/mol. The van der Waals surface area contributed by atoms with Crippen molar-refractivity contribution in [2.24, 2.45) is 5.73 Å². The Morgan fingerprint density at radius 3 is 3.07 bits per heavy atom. The molecule has 0 spiro atoms. The van der Waals surface area contributed by atoms with E-state index in [1.54, 1.807) is 18.4 Å². The Labute approximate surface area is 95.1 Å². The summed E-state index contributed by atoms with van der Waals surface area (Å²) in [5.41, 5.74) is 8.92. The van der Waals surface area contributed by atoms with Crippen LogP contribution in [0.15, 0.2) is 10.9 Å². The van der Waals surface area contributed by atoms with Gasteiger partial charge in [0.1, 0.15) is 0 Å². The number of ether oxygens (including phenoxy) is 1. The average molecular weight is 229 g/mol. The zero-order chi connectivity index (χ0) is 11.1. The third-order valence-electron chi connectivity index (χ3n) is 2.15. The number of hydrogen-bond acceptors (Lipinski definition) is 5. The SMILES string of the molecule is COCCC(N)CN(C)Cc1cscn1. The lowest BCUT2D eigenvalue weighted by atomic mass is 10.2. The second-order valence-electron chi connectivity index (χ2n) is 3.72. The molecule has 2 N–H and O–H groups in total. The van der Waals surface area contributed by atoms with Crippen molar-refractivity contribution in [3.05, 3.63) is 16.6 Å². The molecule has 0 aliphatic rings. The molecule has 0 aliphatic heterocycles. The van der Waals surface area contributed by atoms with Crippen LogP contribution in [0.4, 0.5) is 0 Å². The maximum Gasteiger partial charge on any atom is 0.0795 e. The third kappa shape index (κ3) is 5.22. The van der Waals surface area contributed by atoms with Gasteiger partial charge in [0.25, 0.3) is 0 Å². The first kappa shape index (κ1) is 12.6. The van der Waals surface area contributed by atoms with Crippen LogP contribution in [0.5, 0.6) is 0 Å². The molecule has 0 saturated carbocycles. The Kier molecular flexibility index (Phi) is 5.78. The minimum Gasteiger partial charge on any atom is -0.385 e. The van der Waals surface area contributed by atoms with E-state index >= 15 is 0 Å². The number of hydrogen-bond donors (Lipinski definition) is 1. The molecule has 15 heavy (non-hydrogen) atoms. The molecule has 5 heteroatoms. The lowest BCUT2D eigenvalue weighted by molar-refractivity contribution is 0.178. The Hall–Kier alpha value is -0.490. The van der Waals surface area contributed by atoms with E-state index in [4.69, 9.17) is 10.5 Å². The van der Waals surface area contributed by atoms with E-state index < -0.39 is 0 Å². The van der Waals surface area contributed by atoms with Crippen molar-refractivity contribution in [3.63, 3.8) is 0 Å². The van der Waals surface area contributed by atoms with Crippen LogP contribution in [0, 0.1) is 0 Å². The minimum atomic E-state index is 0.175. The van der Waals surface area contributed by atoms with Crippen molar-refractivity contribution in [1.29, 1.82) is 0 Å². The average Bonchev–Trinajstić information content (AvgIpc) is 2.67. The Morgan fingerprint density at radius 2 is 2.47 bits per heavy atom. The smallest absolute Gasteiger partial charge is 0.0795 e. The van der Waals surface area contributed by atoms with Gasteiger partial charge >= 0.3 is 0 Å². The molecular weight excluding hydrogens is 210 g/mol. The molecule has 86 valence electrons. The van der Waals surface area contributed by atoms with Gasteiger partial charge in [-0.3, -0.25) is 4.90 Å². The maximum absolute atomic E-state index is 5.95. The summed E-state index contributed by atoms with van der Waals surface area (Å²) in [6, 6.07) is 0.175. The van der Waals surface area contributed by atoms with Gasteiger partial charge in [0.15, 0.2) is 0 Å². The summed E-state index contributed by atoms with van der Waals surface area (Å²) < 4.78 is 4.99. The van der Waals surface area contributed by atoms with Crippen molar-refractivity contribution in [3.8, 4) is 0 Å². The molecule has 0 fully saturated rings. The highest BCUT2D eigenvalue weighted by Crippen LogP contribution is 2.04. The van der Waals surface area contributed by atoms with Crippen molar-refractivity contribution in [2.75, 3.05) is 27.3 Å². The molecule has 0 amide bonds. The van der Waals surface area contributed by atoms with Crippen molar-refractivity contribution in [2.45, 2.75) is 19.0 Å². The number of aromatic nitrogens is 1. The van der Waals surface area contributed by atoms with Crippen LogP contribution in [0.25, 0.3) is 0 Å². The minimum absolute atomic E-state index is 0.175. The van der Waals surface area contributed by atoms with Gasteiger partial charge < -0.3 is 10.5 Å². The maximum atomic E-state index is 5.95. The van der Waals surface area contributed by atoms with Crippen LogP contribution < -0.4 is 5.73 Å². The van der Waals surface area contributed by atoms with Gasteiger partial charge in [-0.05, 0) is 13.5 Å². The van der Waals surface area contributed by atoms with E-state index in [9.17, 15) is 0 Å². The molecular formula is C10H19N3OS. The molecule has 1 heterocycles. The van der Waals surface area contributed by atoms with E-state index in [2.05, 4.69) is 22.3 Å². The van der Waals surface area contributed by atoms with Gasteiger partial charge in [-0.15, -0.1) is 11.3 Å². The molecule has 4 nitrogen and oxygen atoms in total. The fraction of sp³-hybridized carbons (Fsp3) is 0.700. The topological polar surface area (TPSA) is 51.4 Å². The normalized spacial score (nSPS) is 13.3. The van der Waals surface area contributed by atoms with Crippen molar-refractivity contribution in [1.82, 2.24) is 9.88 Å². The molecule has 0 aliphatic carbocycles. The molecule has 0 aromatic carbocycles. The number of rotatable bonds is 7. The molecule has 0 saturated heterocycles. The van der Waals surface area contributed by atoms with E-state index in [0.717, 1.165) is 31.8 Å². The highest BCUT2D eigenvalue weighted by atomic mass is 32.1. The molecule has 1 rings (SSSR count). The summed E-state index contributed by atoms with van der Waals surface area (Å²) >= 11 is 1.63. The van der Waals surface area contributed by atoms with Crippen LogP contribution >= 0.6 is 11.3 Å². The quantitative estimate of drug-likeness (QED) is 0.756. The van der Waals surface area contributed by atoms with Gasteiger partial charge in [-0.2, -0.15) is 0 Å². The number of thiazole rings is 1. The number of likely N-dealkylation sites (N-methyl/N-ethyl adjacent to an activating group) is 1. The number of nitrogens with two attached hydrogens (primary N) is 1. The first-order chi connectivity index (χ1) is 7.22. The summed E-state index contributed by atoms with van der Waals surface area (Å²) in [4.78, 5) is 6.43. The fourth-order valence-electron chi connectivity index (χ4n) is 1.42. The Bertz CT molecular complexity index is 253. The van der Waals surface area contributed by atoms with Gasteiger partial charge in [0, 0.05) is 38.2 Å². The molecule has 1 atom stereocenters. The summed E-state index contributed by atoms with van der Waals surface area (Å²) in [5.74, 6) is 0. The van der Waals surface area contributed by atoms with E-state index in [1.165, 1.54) is 0 Å². The fourth-order valence-corrected chi connectivity index (χ4v) is 1.97. The van der Waals surface area contributed by atoms with Gasteiger partial charge in [-0.25, -0.2) is 4.98 Å². The van der Waals surface area contributed by atoms with Crippen molar-refractivity contribution >= 4 is 11.3 Å². The summed E-state index contributed by atoms with van der Waals surface area (Å²) in [6.07, 6.45) is 0.901. The Balaban J connectivity index is 2.20. The molecule has 0 bridgehead atoms. The van der Waals surface area contributed by atoms with Crippen LogP contribution in [0.3, 0.4) is 0 Å². The molecule has 1 aromatic rings. The van der Waals surface area contributed by atoms with Crippen LogP contribution in [0.2, 0.25) is 0 Å². The third-order valence-corrected chi connectivity index (χ3v) is 2.79. The van der Waals surface area contributed by atoms with E-state index in [0.29, 0.717) is 0 Å². The van der Waals surface area contributed by atoms with Crippen molar-refractivity contribution < 1.29 is 4.74 Å². The zero-order valence-corrected chi connectivity index (χ0v) is 10.2. The largest absolute Gasteiger partial charge is 0.385 e. The van der Waals surface area contributed by atoms with Gasteiger partial charge in [0.2, 0.25) is 0 Å². The summed E-state index contributed by atoms with van der Waals surface area (Å²) in [5, 5.41) is 2.07. The van der Waals surface area contributed by atoms with E-state index in [-0.39, 0.29) is 6.04 Å². The predicted octanol–water partition coefficient (Wildman–Crippen LogP) is 0.939. The van der Waals surface area contributed by atoms with Gasteiger partial charge in [-0.1, -0.05) is 0 Å². The zero-order valence-electron chi connectivity index (χ0n) is 9.35. The summed E-state index contributed by atoms with van der Waals surface area (Å²) in [6.45, 7) is 2.47. The first-order valence-electron chi connectivity index (χ1n) is 5.02. The highest BCUT2D eigenvalue weighted by molar-refractivity contribution is 7.07. The monoisotopic (exact) mass is 229 g/mol. The second-order valence-corrected chi connectivity index (χ2v) is 4.44. The van der Waals surface area contributed by atoms with Gasteiger partial charge in [0.05, 0.1) is 11.2 Å². The molecule has 1 unspecified atom stereocenters. The first-order valence-corrected chi connectivity index (χ1v) is 5.96. The Morgan fingerprint density at radius 1 is 1.67 bits per heavy atom. The number of nitrogens with zero attached hydrogens (tertiary/aromatic N) is 2. The standard InChI is InChI=1S/C10H19N3OS/c1-13(5-9(11)3-4-14-2)6-10-7-15-8-12-10/h7-9H,3-6,11H2,1-2H3. The van der Waals surface area contributed by atoms with Crippen LogP contribution in [-0.2, 0) is 11.3 Å². The molecule has 0 radical (unpaired) electrons. The van der Waals surface area contributed by atoms with E-state index in [1.807, 2.05) is 5.51 Å². The lowest BCUT2D eigenvalue weighted by Crippen LogP contribution is -2.35. The molecule has 1 aromatic heterocycles. The van der Waals surface area contributed by atoms with Crippen LogP contribution in [-0.4, -0.2) is 43.2 Å². The van der Waals surface area contributed by atoms with Crippen LogP contribution in [0.1, 0.15) is 12.1 Å². The summed E-state index contributed by atoms with van der Waals surface area (Å²) in [7, 11) is 3.76. The second kappa shape index (κ2) is 6.90. The lowest BCUT2D eigenvalue weighted by Gasteiger charge is -2.20. The highest BCUT2D eigenvalue weighted by Gasteiger charge is 2.07.